The van der Waals surface area contributed by atoms with Gasteiger partial charge >= 0.3 is 5.97 Å². The number of carbonyl (C=O) groups excluding carboxylic acids is 4. The van der Waals surface area contributed by atoms with Gasteiger partial charge in [-0.2, -0.15) is 0 Å². The number of benzene rings is 1. The van der Waals surface area contributed by atoms with Crippen molar-refractivity contribution in [3.8, 4) is 0 Å². The van der Waals surface area contributed by atoms with Crippen molar-refractivity contribution in [2.45, 2.75) is 70.1 Å². The second kappa shape index (κ2) is 7.11. The van der Waals surface area contributed by atoms with Crippen LogP contribution in [0.4, 0.5) is 5.69 Å². The zero-order chi connectivity index (χ0) is 21.7. The van der Waals surface area contributed by atoms with Gasteiger partial charge in [0, 0.05) is 24.4 Å². The van der Waals surface area contributed by atoms with E-state index in [1.54, 1.807) is 24.3 Å². The number of ether oxygens (including phenoxy) is 1. The highest BCUT2D eigenvalue weighted by Crippen LogP contribution is 2.49. The van der Waals surface area contributed by atoms with Gasteiger partial charge in [0.05, 0.1) is 11.3 Å². The first-order chi connectivity index (χ1) is 14.2. The van der Waals surface area contributed by atoms with Crippen molar-refractivity contribution in [2.75, 3.05) is 11.5 Å². The first-order valence-electron chi connectivity index (χ1n) is 10.5. The average Bonchev–Trinajstić information content (AvgIpc) is 3.48. The van der Waals surface area contributed by atoms with Crippen LogP contribution in [0.15, 0.2) is 24.3 Å². The fraction of sp³-hybridized carbons (Fsp3) is 0.545. The summed E-state index contributed by atoms with van der Waals surface area (Å²) in [6, 6.07) is 6.72. The average molecular weight is 413 g/mol. The third-order valence-electron chi connectivity index (χ3n) is 6.23. The van der Waals surface area contributed by atoms with Gasteiger partial charge in [-0.3, -0.25) is 19.3 Å². The molecule has 1 saturated carbocycles. The molecule has 8 heteroatoms. The van der Waals surface area contributed by atoms with E-state index >= 15 is 0 Å². The smallest absolute Gasteiger partial charge is 0.354 e. The van der Waals surface area contributed by atoms with Crippen LogP contribution in [-0.4, -0.2) is 52.4 Å². The number of carbonyl (C=O) groups is 4. The minimum atomic E-state index is -1.52. The highest BCUT2D eigenvalue weighted by Gasteiger charge is 2.64. The number of esters is 1. The largest absolute Gasteiger partial charge is 0.452 e. The maximum absolute atomic E-state index is 13.4. The first kappa shape index (κ1) is 20.4. The summed E-state index contributed by atoms with van der Waals surface area (Å²) in [5.41, 5.74) is -1.11. The van der Waals surface area contributed by atoms with Crippen LogP contribution in [0.25, 0.3) is 0 Å². The fourth-order valence-electron chi connectivity index (χ4n) is 4.26. The van der Waals surface area contributed by atoms with E-state index in [2.05, 4.69) is 5.32 Å². The molecule has 1 aliphatic carbocycles. The Kier molecular flexibility index (Phi) is 4.83. The van der Waals surface area contributed by atoms with E-state index in [1.165, 1.54) is 9.80 Å². The Balaban J connectivity index is 1.66. The van der Waals surface area contributed by atoms with Crippen molar-refractivity contribution in [2.24, 2.45) is 0 Å². The standard InChI is InChI=1S/C22H27N3O5/c1-4-21(2,3)23-17(26)13-30-20(29)22-12-11-18(27)25(22)16-8-6-5-7-15(16)19(28)24(22)14-9-10-14/h5-8,14H,4,9-13H2,1-3H3,(H,23,26)/t22-/m0/s1. The molecular formula is C22H27N3O5. The van der Waals surface area contributed by atoms with Gasteiger partial charge in [-0.05, 0) is 45.2 Å². The van der Waals surface area contributed by atoms with Crippen molar-refractivity contribution in [3.63, 3.8) is 0 Å². The summed E-state index contributed by atoms with van der Waals surface area (Å²) in [4.78, 5) is 54.8. The van der Waals surface area contributed by atoms with E-state index in [0.29, 0.717) is 11.3 Å². The summed E-state index contributed by atoms with van der Waals surface area (Å²) in [6.07, 6.45) is 2.56. The molecule has 30 heavy (non-hydrogen) atoms. The van der Waals surface area contributed by atoms with Crippen molar-refractivity contribution in [1.29, 1.82) is 0 Å². The number of fused-ring (bicyclic) bond motifs is 3. The predicted octanol–water partition coefficient (Wildman–Crippen LogP) is 1.98. The molecular weight excluding hydrogens is 386 g/mol. The molecule has 1 aromatic carbocycles. The lowest BCUT2D eigenvalue weighted by molar-refractivity contribution is -0.160. The molecule has 0 spiro atoms. The lowest BCUT2D eigenvalue weighted by Crippen LogP contribution is -2.69. The SMILES string of the molecule is CCC(C)(C)NC(=O)COC(=O)[C@]12CCC(=O)N1c1ccccc1C(=O)N2C1CC1. The number of hydrogen-bond acceptors (Lipinski definition) is 5. The zero-order valence-electron chi connectivity index (χ0n) is 17.6. The number of anilines is 1. The zero-order valence-corrected chi connectivity index (χ0v) is 17.6. The van der Waals surface area contributed by atoms with Gasteiger partial charge in [-0.15, -0.1) is 0 Å². The number of nitrogens with one attached hydrogen (secondary N) is 1. The number of para-hydroxylation sites is 1. The van der Waals surface area contributed by atoms with Crippen molar-refractivity contribution in [3.05, 3.63) is 29.8 Å². The summed E-state index contributed by atoms with van der Waals surface area (Å²) in [5, 5.41) is 2.82. The summed E-state index contributed by atoms with van der Waals surface area (Å²) in [6.45, 7) is 5.26. The van der Waals surface area contributed by atoms with Crippen LogP contribution < -0.4 is 10.2 Å². The molecule has 2 fully saturated rings. The number of nitrogens with zero attached hydrogens (tertiary/aromatic N) is 2. The van der Waals surface area contributed by atoms with Gasteiger partial charge in [0.1, 0.15) is 0 Å². The quantitative estimate of drug-likeness (QED) is 0.720. The number of hydrogen-bond donors (Lipinski definition) is 1. The van der Waals surface area contributed by atoms with Crippen LogP contribution in [0.5, 0.6) is 0 Å². The molecule has 1 aromatic rings. The third-order valence-corrected chi connectivity index (χ3v) is 6.23. The topological polar surface area (TPSA) is 96.0 Å². The molecule has 3 aliphatic rings. The Morgan fingerprint density at radius 1 is 1.23 bits per heavy atom. The Morgan fingerprint density at radius 3 is 2.60 bits per heavy atom. The van der Waals surface area contributed by atoms with Crippen LogP contribution in [0.2, 0.25) is 0 Å². The van der Waals surface area contributed by atoms with Crippen LogP contribution >= 0.6 is 0 Å². The normalized spacial score (nSPS) is 23.2. The molecule has 0 aromatic heterocycles. The molecule has 1 N–H and O–H groups in total. The number of amides is 3. The maximum Gasteiger partial charge on any atom is 0.354 e. The highest BCUT2D eigenvalue weighted by molar-refractivity contribution is 6.15. The molecule has 3 amide bonds. The van der Waals surface area contributed by atoms with Crippen molar-refractivity contribution < 1.29 is 23.9 Å². The summed E-state index contributed by atoms with van der Waals surface area (Å²) in [5.74, 6) is -1.64. The molecule has 1 atom stereocenters. The predicted molar refractivity (Wildman–Crippen MR) is 109 cm³/mol. The third kappa shape index (κ3) is 3.14. The van der Waals surface area contributed by atoms with Gasteiger partial charge in [0.25, 0.3) is 11.8 Å². The summed E-state index contributed by atoms with van der Waals surface area (Å²) < 4.78 is 5.42. The Morgan fingerprint density at radius 2 is 1.93 bits per heavy atom. The summed E-state index contributed by atoms with van der Waals surface area (Å²) >= 11 is 0. The summed E-state index contributed by atoms with van der Waals surface area (Å²) in [7, 11) is 0. The van der Waals surface area contributed by atoms with E-state index in [4.69, 9.17) is 4.74 Å². The monoisotopic (exact) mass is 413 g/mol. The van der Waals surface area contributed by atoms with Gasteiger partial charge in [0.2, 0.25) is 11.6 Å². The van der Waals surface area contributed by atoms with Crippen LogP contribution in [0, 0.1) is 0 Å². The minimum absolute atomic E-state index is 0.111. The first-order valence-corrected chi connectivity index (χ1v) is 10.5. The van der Waals surface area contributed by atoms with Crippen LogP contribution in [0.3, 0.4) is 0 Å². The molecule has 0 unspecified atom stereocenters. The van der Waals surface area contributed by atoms with Gasteiger partial charge in [-0.25, -0.2) is 4.79 Å². The molecule has 2 aliphatic heterocycles. The van der Waals surface area contributed by atoms with Crippen molar-refractivity contribution >= 4 is 29.4 Å². The van der Waals surface area contributed by atoms with E-state index in [0.717, 1.165) is 19.3 Å². The second-order valence-corrected chi connectivity index (χ2v) is 8.83. The van der Waals surface area contributed by atoms with Gasteiger partial charge in [-0.1, -0.05) is 19.1 Å². The van der Waals surface area contributed by atoms with Crippen LogP contribution in [-0.2, 0) is 19.1 Å². The lowest BCUT2D eigenvalue weighted by Gasteiger charge is -2.48. The van der Waals surface area contributed by atoms with E-state index < -0.39 is 29.7 Å². The van der Waals surface area contributed by atoms with E-state index in [-0.39, 0.29) is 30.7 Å². The molecule has 8 nitrogen and oxygen atoms in total. The molecule has 160 valence electrons. The molecule has 0 radical (unpaired) electrons. The Hall–Kier alpha value is -2.90. The van der Waals surface area contributed by atoms with E-state index in [1.807, 2.05) is 20.8 Å². The molecule has 0 bridgehead atoms. The number of rotatable bonds is 6. The molecule has 2 heterocycles. The maximum atomic E-state index is 13.4. The second-order valence-electron chi connectivity index (χ2n) is 8.83. The van der Waals surface area contributed by atoms with Crippen LogP contribution in [0.1, 0.15) is 63.2 Å². The highest BCUT2D eigenvalue weighted by atomic mass is 16.5. The Bertz CT molecular complexity index is 923. The van der Waals surface area contributed by atoms with Gasteiger partial charge < -0.3 is 15.0 Å². The van der Waals surface area contributed by atoms with Gasteiger partial charge in [0.15, 0.2) is 6.61 Å². The Labute approximate surface area is 175 Å². The van der Waals surface area contributed by atoms with E-state index in [9.17, 15) is 19.2 Å². The minimum Gasteiger partial charge on any atom is -0.452 e. The molecule has 1 saturated heterocycles. The fourth-order valence-corrected chi connectivity index (χ4v) is 4.26. The van der Waals surface area contributed by atoms with Crippen molar-refractivity contribution in [1.82, 2.24) is 10.2 Å². The lowest BCUT2D eigenvalue weighted by atomic mass is 9.96. The molecule has 4 rings (SSSR count).